The average molecular weight is 1680 g/mol. The maximum atomic E-state index is 2.58. The molecule has 0 saturated carbocycles. The molecule has 0 N–H and O–H groups in total. The van der Waals surface area contributed by atoms with Crippen LogP contribution in [0.3, 0.4) is 0 Å². The van der Waals surface area contributed by atoms with Crippen molar-refractivity contribution in [3.8, 4) is 123 Å². The van der Waals surface area contributed by atoms with Gasteiger partial charge in [0.05, 0.1) is 50.0 Å². The van der Waals surface area contributed by atoms with Crippen LogP contribution >= 0.6 is 0 Å². The third kappa shape index (κ3) is 11.2. The summed E-state index contributed by atoms with van der Waals surface area (Å²) in [6.07, 6.45) is 0. The fourth-order valence-electron chi connectivity index (χ4n) is 23.3. The summed E-state index contributed by atoms with van der Waals surface area (Å²) in [6.45, 7) is 0. The Kier molecular flexibility index (Phi) is 16.9. The van der Waals surface area contributed by atoms with Gasteiger partial charge in [-0.1, -0.05) is 400 Å². The first-order valence-corrected chi connectivity index (χ1v) is 45.8. The number of anilines is 6. The predicted molar refractivity (Wildman–Crippen MR) is 550 cm³/mol. The van der Waals surface area contributed by atoms with Crippen LogP contribution < -0.4 is 9.80 Å². The van der Waals surface area contributed by atoms with Gasteiger partial charge in [-0.2, -0.15) is 0 Å². The van der Waals surface area contributed by atoms with Crippen LogP contribution in [0.1, 0.15) is 44.5 Å². The summed E-state index contributed by atoms with van der Waals surface area (Å²) in [5.74, 6) is 0. The van der Waals surface area contributed by atoms with Crippen LogP contribution in [-0.4, -0.2) is 9.13 Å². The first-order chi connectivity index (χ1) is 65.5. The lowest BCUT2D eigenvalue weighted by Gasteiger charge is -2.39. The van der Waals surface area contributed by atoms with Gasteiger partial charge in [0.25, 0.3) is 0 Å². The first-order valence-electron chi connectivity index (χ1n) is 45.8. The molecule has 2 aliphatic heterocycles. The van der Waals surface area contributed by atoms with E-state index in [-0.39, 0.29) is 0 Å². The van der Waals surface area contributed by atoms with Crippen LogP contribution in [0.5, 0.6) is 0 Å². The number of aromatic nitrogens is 2. The predicted octanol–water partition coefficient (Wildman–Crippen LogP) is 33.5. The van der Waals surface area contributed by atoms with E-state index in [1.165, 1.54) is 172 Å². The van der Waals surface area contributed by atoms with Crippen LogP contribution in [0.4, 0.5) is 34.1 Å². The molecule has 4 aliphatic rings. The molecule has 0 amide bonds. The minimum atomic E-state index is -0.630. The van der Waals surface area contributed by atoms with E-state index in [9.17, 15) is 0 Å². The van der Waals surface area contributed by atoms with Gasteiger partial charge >= 0.3 is 0 Å². The maximum absolute atomic E-state index is 2.58. The van der Waals surface area contributed by atoms with E-state index in [0.717, 1.165) is 73.1 Å². The van der Waals surface area contributed by atoms with Crippen molar-refractivity contribution in [2.45, 2.75) is 10.8 Å². The molecular weight excluding hydrogens is 1590 g/mol. The number of rotatable bonds is 14. The number of nitrogens with zero attached hydrogens (tertiary/aromatic N) is 4. The second-order valence-corrected chi connectivity index (χ2v) is 35.6. The van der Waals surface area contributed by atoms with Crippen molar-refractivity contribution in [1.82, 2.24) is 9.13 Å². The van der Waals surface area contributed by atoms with E-state index in [1.54, 1.807) is 0 Å². The van der Waals surface area contributed by atoms with Crippen molar-refractivity contribution >= 4 is 77.7 Å². The third-order valence-electron chi connectivity index (χ3n) is 28.9. The zero-order valence-electron chi connectivity index (χ0n) is 72.1. The summed E-state index contributed by atoms with van der Waals surface area (Å²) in [5.41, 5.74) is 46.8. The Hall–Kier alpha value is -17.2. The number of hydrogen-bond acceptors (Lipinski definition) is 2. The molecule has 2 aromatic heterocycles. The van der Waals surface area contributed by atoms with Crippen molar-refractivity contribution in [1.29, 1.82) is 0 Å². The Morgan fingerprint density at radius 1 is 0.159 bits per heavy atom. The summed E-state index contributed by atoms with van der Waals surface area (Å²) < 4.78 is 5.10. The molecule has 0 fully saturated rings. The Morgan fingerprint density at radius 3 is 1.11 bits per heavy atom. The van der Waals surface area contributed by atoms with E-state index in [1.807, 2.05) is 0 Å². The molecule has 21 aromatic carbocycles. The van der Waals surface area contributed by atoms with Gasteiger partial charge in [0, 0.05) is 55.5 Å². The molecule has 4 heterocycles. The lowest BCUT2D eigenvalue weighted by atomic mass is 9.65. The molecular formula is C128H82N4. The summed E-state index contributed by atoms with van der Waals surface area (Å²) in [6, 6.07) is 186. The van der Waals surface area contributed by atoms with E-state index in [0.29, 0.717) is 0 Å². The Labute approximate surface area is 766 Å². The van der Waals surface area contributed by atoms with Crippen LogP contribution in [0, 0.1) is 0 Å². The average Bonchev–Trinajstić information content (AvgIpc) is 1.49. The highest BCUT2D eigenvalue weighted by molar-refractivity contribution is 6.16. The highest BCUT2D eigenvalue weighted by atomic mass is 15.2. The summed E-state index contributed by atoms with van der Waals surface area (Å²) in [5, 5.41) is 5.03. The van der Waals surface area contributed by atoms with Crippen molar-refractivity contribution in [3.05, 3.63) is 542 Å². The second-order valence-electron chi connectivity index (χ2n) is 35.6. The Morgan fingerprint density at radius 2 is 0.500 bits per heavy atom. The molecule has 0 bridgehead atoms. The van der Waals surface area contributed by atoms with Gasteiger partial charge in [0.2, 0.25) is 0 Å². The Balaban J connectivity index is 0.507. The van der Waals surface area contributed by atoms with E-state index in [2.05, 4.69) is 516 Å². The highest BCUT2D eigenvalue weighted by Gasteiger charge is 2.53. The smallest absolute Gasteiger partial charge is 0.0754 e. The van der Waals surface area contributed by atoms with E-state index in [4.69, 9.17) is 0 Å². The highest BCUT2D eigenvalue weighted by Crippen LogP contribution is 2.65. The fraction of sp³-hybridized carbons (Fsp3) is 0.0156. The molecule has 2 unspecified atom stereocenters. The molecule has 132 heavy (non-hydrogen) atoms. The number of fused-ring (bicyclic) bond motifs is 24. The minimum Gasteiger partial charge on any atom is -0.310 e. The molecule has 27 rings (SSSR count). The quantitative estimate of drug-likeness (QED) is 0.108. The van der Waals surface area contributed by atoms with Crippen molar-refractivity contribution < 1.29 is 0 Å². The molecule has 0 saturated heterocycles. The first kappa shape index (κ1) is 75.0. The number of para-hydroxylation sites is 6. The summed E-state index contributed by atoms with van der Waals surface area (Å²) in [4.78, 5) is 4.86. The largest absolute Gasteiger partial charge is 0.310 e. The van der Waals surface area contributed by atoms with Gasteiger partial charge in [-0.3, -0.25) is 0 Å². The van der Waals surface area contributed by atoms with Gasteiger partial charge < -0.3 is 18.9 Å². The molecule has 0 radical (unpaired) electrons. The molecule has 614 valence electrons. The van der Waals surface area contributed by atoms with Gasteiger partial charge in [-0.05, 0) is 247 Å². The van der Waals surface area contributed by atoms with Crippen molar-refractivity contribution in [3.63, 3.8) is 0 Å². The van der Waals surface area contributed by atoms with Crippen LogP contribution in [0.25, 0.3) is 166 Å². The second kappa shape index (κ2) is 29.7. The molecule has 23 aromatic rings. The summed E-state index contributed by atoms with van der Waals surface area (Å²) in [7, 11) is 0. The molecule has 4 nitrogen and oxygen atoms in total. The fourth-order valence-corrected chi connectivity index (χ4v) is 23.3. The van der Waals surface area contributed by atoms with Crippen molar-refractivity contribution in [2.24, 2.45) is 0 Å². The Bertz CT molecular complexity index is 8620. The normalized spacial score (nSPS) is 14.4. The summed E-state index contributed by atoms with van der Waals surface area (Å²) >= 11 is 0. The van der Waals surface area contributed by atoms with Crippen LogP contribution in [-0.2, 0) is 10.8 Å². The standard InChI is InChI=1S/C128H82N4/c1-4-28-83(29-5-1)88-68-74-98(75-69-88)130(119-54-18-12-40-102(119)91-32-8-3-9-33-91)101-39-23-35-93(79-101)94-70-76-105-104-41-10-14-47-111(104)128(118(105)81-94)114-50-17-21-57-122(114)132-123-82-95(71-77-107(123)109-46-27-53-117(128)126(109)132)90-64-62-86(63-65-90)85-58-60-87(61-59-85)89-66-72-97(73-67-89)129(99-37-22-34-92(78-99)84-30-6-2-7-31-84)100-38-24-36-96(80-100)103-44-25-51-115-124(103)110-43-11-15-48-112(110)127(115)113-49-16-20-56-121(113)131-120-55-19-13-42-106(120)108-45-26-52-116(127)125(108)131/h1-82H. The SMILES string of the molecule is c1ccc(-c2ccc(N(c3cccc(-c4ccc5c(c4)C4(c6ccccc6-5)c5ccccc5-n5c6cc(-c7ccc(-c8ccc(-c9ccc(N(c%10cccc(-c%11ccccc%11)c%10)c%10cccc(-c%11cccc%12c%11-c%11ccccc%11C%12%11c%12ccccc%12-n%12c%13ccccc%13c%13cccc%11c%13%12)c%10)cc9)cc8)cc7)ccc6c6cccc4c65)c3)c3ccccc3-c3ccccc3)cc2)cc1. The third-order valence-corrected chi connectivity index (χ3v) is 28.9. The van der Waals surface area contributed by atoms with Crippen molar-refractivity contribution in [2.75, 3.05) is 9.80 Å². The van der Waals surface area contributed by atoms with Gasteiger partial charge in [0.15, 0.2) is 0 Å². The van der Waals surface area contributed by atoms with Gasteiger partial charge in [-0.25, -0.2) is 0 Å². The van der Waals surface area contributed by atoms with Crippen LogP contribution in [0.2, 0.25) is 0 Å². The lowest BCUT2D eigenvalue weighted by molar-refractivity contribution is 0.748. The van der Waals surface area contributed by atoms with Gasteiger partial charge in [0.1, 0.15) is 0 Å². The topological polar surface area (TPSA) is 16.3 Å². The van der Waals surface area contributed by atoms with E-state index >= 15 is 0 Å². The molecule has 2 spiro atoms. The maximum Gasteiger partial charge on any atom is 0.0754 e. The molecule has 2 aliphatic carbocycles. The van der Waals surface area contributed by atoms with Gasteiger partial charge in [-0.15, -0.1) is 0 Å². The minimum absolute atomic E-state index is 0.562. The lowest BCUT2D eigenvalue weighted by Crippen LogP contribution is -2.33. The number of hydrogen-bond donors (Lipinski definition) is 0. The molecule has 2 atom stereocenters. The molecule has 4 heteroatoms. The monoisotopic (exact) mass is 1670 g/mol. The zero-order valence-corrected chi connectivity index (χ0v) is 72.1. The number of benzene rings is 21. The zero-order chi connectivity index (χ0) is 86.7. The van der Waals surface area contributed by atoms with E-state index < -0.39 is 10.8 Å². The van der Waals surface area contributed by atoms with Crippen LogP contribution in [0.15, 0.2) is 497 Å².